The van der Waals surface area contributed by atoms with E-state index in [1.807, 2.05) is 45.5 Å². The molecule has 0 aliphatic heterocycles. The van der Waals surface area contributed by atoms with E-state index in [1.165, 1.54) is 12.3 Å². The summed E-state index contributed by atoms with van der Waals surface area (Å²) in [7, 11) is 0. The van der Waals surface area contributed by atoms with Crippen LogP contribution in [0.25, 0.3) is 0 Å². The van der Waals surface area contributed by atoms with Crippen molar-refractivity contribution < 1.29 is 9.72 Å². The van der Waals surface area contributed by atoms with Gasteiger partial charge in [0.15, 0.2) is 0 Å². The molecule has 2 N–H and O–H groups in total. The molecule has 2 amide bonds. The van der Waals surface area contributed by atoms with Gasteiger partial charge in [-0.05, 0) is 40.7 Å². The van der Waals surface area contributed by atoms with Crippen LogP contribution in [0.3, 0.4) is 0 Å². The SMILES string of the molecule is Cc1nn(C(C)(C)C)cc1[C@@H](C)NC(=O)Nc1ccncc1[N+](=O)[O-]. The van der Waals surface area contributed by atoms with Crippen LogP contribution < -0.4 is 10.6 Å². The van der Waals surface area contributed by atoms with Crippen molar-refractivity contribution in [3.63, 3.8) is 0 Å². The summed E-state index contributed by atoms with van der Waals surface area (Å²) in [5, 5.41) is 20.7. The molecule has 0 spiro atoms. The summed E-state index contributed by atoms with van der Waals surface area (Å²) in [5.74, 6) is 0. The maximum atomic E-state index is 12.2. The molecule has 0 bridgehead atoms. The fourth-order valence-corrected chi connectivity index (χ4v) is 2.31. The number of pyridine rings is 1. The smallest absolute Gasteiger partial charge is 0.319 e. The molecule has 1 atom stereocenters. The number of hydrogen-bond acceptors (Lipinski definition) is 5. The zero-order valence-electron chi connectivity index (χ0n) is 14.9. The van der Waals surface area contributed by atoms with E-state index in [0.29, 0.717) is 0 Å². The van der Waals surface area contributed by atoms with Crippen molar-refractivity contribution in [3.8, 4) is 0 Å². The molecule has 0 saturated carbocycles. The lowest BCUT2D eigenvalue weighted by Crippen LogP contribution is -2.31. The summed E-state index contributed by atoms with van der Waals surface area (Å²) in [6.45, 7) is 9.82. The Morgan fingerprint density at radius 1 is 1.40 bits per heavy atom. The van der Waals surface area contributed by atoms with Crippen LogP contribution in [0.15, 0.2) is 24.7 Å². The van der Waals surface area contributed by atoms with Gasteiger partial charge in [-0.25, -0.2) is 4.79 Å². The second kappa shape index (κ2) is 6.88. The van der Waals surface area contributed by atoms with Gasteiger partial charge in [0.2, 0.25) is 0 Å². The van der Waals surface area contributed by atoms with E-state index >= 15 is 0 Å². The van der Waals surface area contributed by atoms with E-state index in [0.717, 1.165) is 17.5 Å². The summed E-state index contributed by atoms with van der Waals surface area (Å²) >= 11 is 0. The van der Waals surface area contributed by atoms with Crippen molar-refractivity contribution in [2.45, 2.75) is 46.2 Å². The Morgan fingerprint density at radius 3 is 2.64 bits per heavy atom. The van der Waals surface area contributed by atoms with Gasteiger partial charge in [-0.15, -0.1) is 0 Å². The van der Waals surface area contributed by atoms with Crippen molar-refractivity contribution in [2.24, 2.45) is 0 Å². The topological polar surface area (TPSA) is 115 Å². The van der Waals surface area contributed by atoms with Gasteiger partial charge in [0, 0.05) is 18.0 Å². The first-order valence-electron chi connectivity index (χ1n) is 7.82. The Bertz CT molecular complexity index is 793. The molecule has 0 saturated heterocycles. The fourth-order valence-electron chi connectivity index (χ4n) is 2.31. The highest BCUT2D eigenvalue weighted by molar-refractivity contribution is 5.91. The molecule has 0 fully saturated rings. The van der Waals surface area contributed by atoms with Crippen molar-refractivity contribution in [1.82, 2.24) is 20.1 Å². The van der Waals surface area contributed by atoms with Crippen molar-refractivity contribution in [2.75, 3.05) is 5.32 Å². The molecule has 0 radical (unpaired) electrons. The predicted octanol–water partition coefficient (Wildman–Crippen LogP) is 3.13. The van der Waals surface area contributed by atoms with Crippen LogP contribution in [0.2, 0.25) is 0 Å². The lowest BCUT2D eigenvalue weighted by atomic mass is 10.1. The zero-order chi connectivity index (χ0) is 18.8. The number of rotatable bonds is 4. The summed E-state index contributed by atoms with van der Waals surface area (Å²) in [5.41, 5.74) is 1.36. The number of aryl methyl sites for hydroxylation is 1. The number of hydrogen-bond donors (Lipinski definition) is 2. The molecule has 2 aromatic heterocycles. The monoisotopic (exact) mass is 346 g/mol. The van der Waals surface area contributed by atoms with Gasteiger partial charge in [0.1, 0.15) is 11.9 Å². The number of nitro groups is 1. The van der Waals surface area contributed by atoms with Gasteiger partial charge >= 0.3 is 11.7 Å². The maximum absolute atomic E-state index is 12.2. The zero-order valence-corrected chi connectivity index (χ0v) is 14.9. The van der Waals surface area contributed by atoms with Crippen LogP contribution in [0, 0.1) is 17.0 Å². The Labute approximate surface area is 145 Å². The van der Waals surface area contributed by atoms with E-state index in [9.17, 15) is 14.9 Å². The Morgan fingerprint density at radius 2 is 2.08 bits per heavy atom. The van der Waals surface area contributed by atoms with Gasteiger partial charge in [0.05, 0.1) is 22.2 Å². The van der Waals surface area contributed by atoms with Crippen molar-refractivity contribution in [3.05, 3.63) is 46.0 Å². The fraction of sp³-hybridized carbons (Fsp3) is 0.438. The van der Waals surface area contributed by atoms with Crippen LogP contribution in [0.1, 0.15) is 45.0 Å². The summed E-state index contributed by atoms with van der Waals surface area (Å²) in [6, 6.07) is 0.535. The summed E-state index contributed by atoms with van der Waals surface area (Å²) in [4.78, 5) is 26.3. The number of amides is 2. The van der Waals surface area contributed by atoms with Crippen LogP contribution in [-0.4, -0.2) is 25.7 Å². The molecule has 2 aromatic rings. The van der Waals surface area contributed by atoms with E-state index in [-0.39, 0.29) is 23.0 Å². The quantitative estimate of drug-likeness (QED) is 0.652. The summed E-state index contributed by atoms with van der Waals surface area (Å²) < 4.78 is 1.85. The van der Waals surface area contributed by atoms with Gasteiger partial charge in [-0.3, -0.25) is 19.8 Å². The minimum atomic E-state index is -0.594. The third kappa shape index (κ3) is 4.31. The number of anilines is 1. The second-order valence-electron chi connectivity index (χ2n) is 6.76. The van der Waals surface area contributed by atoms with E-state index in [1.54, 1.807) is 0 Å². The Kier molecular flexibility index (Phi) is 5.05. The van der Waals surface area contributed by atoms with Crippen molar-refractivity contribution in [1.29, 1.82) is 0 Å². The molecule has 0 aromatic carbocycles. The molecule has 9 heteroatoms. The van der Waals surface area contributed by atoms with Gasteiger partial charge in [0.25, 0.3) is 0 Å². The first kappa shape index (κ1) is 18.4. The molecule has 0 aliphatic carbocycles. The van der Waals surface area contributed by atoms with Gasteiger partial charge in [-0.2, -0.15) is 5.10 Å². The predicted molar refractivity (Wildman–Crippen MR) is 93.4 cm³/mol. The van der Waals surface area contributed by atoms with Crippen LogP contribution >= 0.6 is 0 Å². The third-order valence-corrected chi connectivity index (χ3v) is 3.68. The van der Waals surface area contributed by atoms with Gasteiger partial charge in [-0.1, -0.05) is 0 Å². The largest absolute Gasteiger partial charge is 0.331 e. The highest BCUT2D eigenvalue weighted by Crippen LogP contribution is 2.23. The van der Waals surface area contributed by atoms with E-state index in [4.69, 9.17) is 0 Å². The molecular formula is C16H22N6O3. The molecule has 0 aliphatic rings. The molecule has 0 unspecified atom stereocenters. The van der Waals surface area contributed by atoms with Crippen LogP contribution in [0.5, 0.6) is 0 Å². The van der Waals surface area contributed by atoms with E-state index in [2.05, 4.69) is 20.7 Å². The van der Waals surface area contributed by atoms with Crippen LogP contribution in [-0.2, 0) is 5.54 Å². The minimum absolute atomic E-state index is 0.0896. The molecule has 9 nitrogen and oxygen atoms in total. The highest BCUT2D eigenvalue weighted by Gasteiger charge is 2.21. The molecule has 2 rings (SSSR count). The third-order valence-electron chi connectivity index (χ3n) is 3.68. The Balaban J connectivity index is 2.11. The molecule has 134 valence electrons. The number of urea groups is 1. The lowest BCUT2D eigenvalue weighted by Gasteiger charge is -2.19. The van der Waals surface area contributed by atoms with E-state index < -0.39 is 11.0 Å². The lowest BCUT2D eigenvalue weighted by molar-refractivity contribution is -0.384. The Hall–Kier alpha value is -2.97. The highest BCUT2D eigenvalue weighted by atomic mass is 16.6. The summed E-state index contributed by atoms with van der Waals surface area (Å²) in [6.07, 6.45) is 4.37. The first-order chi connectivity index (χ1) is 11.6. The van der Waals surface area contributed by atoms with Crippen LogP contribution in [0.4, 0.5) is 16.2 Å². The number of nitrogens with one attached hydrogen (secondary N) is 2. The standard InChI is InChI=1S/C16H22N6O3/c1-10(12-9-21(16(3,4)5)20-11(12)2)18-15(23)19-13-6-7-17-8-14(13)22(24)25/h6-10H,1-5H3,(H2,17,18,19,23)/t10-/m1/s1. The average Bonchev–Trinajstić information content (AvgIpc) is 2.89. The second-order valence-corrected chi connectivity index (χ2v) is 6.76. The molecular weight excluding hydrogens is 324 g/mol. The number of nitrogens with zero attached hydrogens (tertiary/aromatic N) is 4. The van der Waals surface area contributed by atoms with Gasteiger partial charge < -0.3 is 10.6 Å². The normalized spacial score (nSPS) is 12.5. The first-order valence-corrected chi connectivity index (χ1v) is 7.82. The molecule has 25 heavy (non-hydrogen) atoms. The number of aromatic nitrogens is 3. The van der Waals surface area contributed by atoms with Crippen molar-refractivity contribution >= 4 is 17.4 Å². The number of carbonyl (C=O) groups is 1. The molecule has 2 heterocycles. The average molecular weight is 346 g/mol. The minimum Gasteiger partial charge on any atom is -0.331 e. The number of carbonyl (C=O) groups excluding carboxylic acids is 1. The maximum Gasteiger partial charge on any atom is 0.319 e.